The van der Waals surface area contributed by atoms with E-state index in [4.69, 9.17) is 10.3 Å². The van der Waals surface area contributed by atoms with Crippen LogP contribution in [0, 0.1) is 6.92 Å². The number of para-hydroxylation sites is 1. The van der Waals surface area contributed by atoms with Crippen LogP contribution in [0.15, 0.2) is 47.0 Å². The lowest BCUT2D eigenvalue weighted by Gasteiger charge is -2.01. The summed E-state index contributed by atoms with van der Waals surface area (Å²) >= 11 is 0. The van der Waals surface area contributed by atoms with E-state index in [1.54, 1.807) is 18.2 Å². The molecule has 2 aromatic carbocycles. The third kappa shape index (κ3) is 2.09. The van der Waals surface area contributed by atoms with E-state index in [0.717, 1.165) is 11.1 Å². The number of phenols is 1. The molecule has 1 aromatic heterocycles. The molecule has 0 aliphatic rings. The zero-order valence-electron chi connectivity index (χ0n) is 10.9. The largest absolute Gasteiger partial charge is 0.505 e. The van der Waals surface area contributed by atoms with Gasteiger partial charge in [0.1, 0.15) is 0 Å². The molecule has 0 fully saturated rings. The zero-order valence-corrected chi connectivity index (χ0v) is 10.9. The average Bonchev–Trinajstić information content (AvgIpc) is 2.91. The Hall–Kier alpha value is -2.82. The van der Waals surface area contributed by atoms with E-state index < -0.39 is 0 Å². The topological polar surface area (TPSA) is 85.2 Å². The van der Waals surface area contributed by atoms with Crippen LogP contribution < -0.4 is 5.73 Å². The molecule has 20 heavy (non-hydrogen) atoms. The number of nitrogen functional groups attached to an aromatic ring is 1. The standard InChI is InChI=1S/C15H13N3O2/c1-9-4-2-5-10(8-9)14-17-15(20-18-14)11-6-3-7-12(16)13(11)19/h2-8,19H,16H2,1H3. The highest BCUT2D eigenvalue weighted by Crippen LogP contribution is 2.33. The van der Waals surface area contributed by atoms with Crippen molar-refractivity contribution in [2.45, 2.75) is 6.92 Å². The number of aryl methyl sites for hydroxylation is 1. The molecule has 3 aromatic rings. The smallest absolute Gasteiger partial charge is 0.262 e. The van der Waals surface area contributed by atoms with Crippen LogP contribution in [-0.4, -0.2) is 15.2 Å². The van der Waals surface area contributed by atoms with Gasteiger partial charge in [0.05, 0.1) is 11.3 Å². The summed E-state index contributed by atoms with van der Waals surface area (Å²) in [7, 11) is 0. The number of anilines is 1. The van der Waals surface area contributed by atoms with Gasteiger partial charge in [0.15, 0.2) is 5.75 Å². The van der Waals surface area contributed by atoms with Crippen LogP contribution in [0.4, 0.5) is 5.69 Å². The van der Waals surface area contributed by atoms with Gasteiger partial charge in [-0.1, -0.05) is 35.0 Å². The second kappa shape index (κ2) is 4.70. The first-order chi connectivity index (χ1) is 9.65. The quantitative estimate of drug-likeness (QED) is 0.550. The van der Waals surface area contributed by atoms with E-state index in [2.05, 4.69) is 10.1 Å². The first-order valence-electron chi connectivity index (χ1n) is 6.14. The SMILES string of the molecule is Cc1cccc(-c2noc(-c3cccc(N)c3O)n2)c1. The second-order valence-electron chi connectivity index (χ2n) is 4.54. The minimum Gasteiger partial charge on any atom is -0.505 e. The number of rotatable bonds is 2. The number of nitrogens with zero attached hydrogens (tertiary/aromatic N) is 2. The molecule has 5 nitrogen and oxygen atoms in total. The summed E-state index contributed by atoms with van der Waals surface area (Å²) in [6, 6.07) is 12.8. The van der Waals surface area contributed by atoms with Crippen molar-refractivity contribution in [2.24, 2.45) is 0 Å². The third-order valence-electron chi connectivity index (χ3n) is 3.00. The van der Waals surface area contributed by atoms with Gasteiger partial charge in [-0.25, -0.2) is 0 Å². The number of phenolic OH excluding ortho intramolecular Hbond substituents is 1. The summed E-state index contributed by atoms with van der Waals surface area (Å²) < 4.78 is 5.20. The lowest BCUT2D eigenvalue weighted by molar-refractivity contribution is 0.426. The van der Waals surface area contributed by atoms with Crippen molar-refractivity contribution in [1.29, 1.82) is 0 Å². The Balaban J connectivity index is 2.04. The Bertz CT molecular complexity index is 765. The maximum Gasteiger partial charge on any atom is 0.262 e. The molecular formula is C15H13N3O2. The zero-order chi connectivity index (χ0) is 14.1. The molecule has 0 bridgehead atoms. The van der Waals surface area contributed by atoms with Crippen LogP contribution >= 0.6 is 0 Å². The van der Waals surface area contributed by atoms with Gasteiger partial charge in [-0.2, -0.15) is 4.98 Å². The molecule has 0 saturated carbocycles. The molecule has 5 heteroatoms. The van der Waals surface area contributed by atoms with E-state index in [9.17, 15) is 5.11 Å². The first-order valence-corrected chi connectivity index (χ1v) is 6.14. The number of nitrogens with two attached hydrogens (primary N) is 1. The third-order valence-corrected chi connectivity index (χ3v) is 3.00. The van der Waals surface area contributed by atoms with Crippen LogP contribution in [0.25, 0.3) is 22.8 Å². The average molecular weight is 267 g/mol. The predicted octanol–water partition coefficient (Wildman–Crippen LogP) is 3.00. The van der Waals surface area contributed by atoms with Gasteiger partial charge in [-0.05, 0) is 25.1 Å². The highest BCUT2D eigenvalue weighted by molar-refractivity contribution is 5.72. The van der Waals surface area contributed by atoms with Crippen molar-refractivity contribution in [3.05, 3.63) is 48.0 Å². The molecule has 0 atom stereocenters. The minimum absolute atomic E-state index is 0.0491. The maximum absolute atomic E-state index is 9.92. The summed E-state index contributed by atoms with van der Waals surface area (Å²) in [4.78, 5) is 4.30. The molecule has 0 aliphatic carbocycles. The molecule has 3 N–H and O–H groups in total. The number of hydrogen-bond acceptors (Lipinski definition) is 5. The minimum atomic E-state index is -0.0491. The molecule has 0 spiro atoms. The monoisotopic (exact) mass is 267 g/mol. The van der Waals surface area contributed by atoms with E-state index >= 15 is 0 Å². The molecule has 1 heterocycles. The summed E-state index contributed by atoms with van der Waals surface area (Å²) in [6.45, 7) is 1.99. The Morgan fingerprint density at radius 1 is 1.15 bits per heavy atom. The van der Waals surface area contributed by atoms with Crippen molar-refractivity contribution < 1.29 is 9.63 Å². The van der Waals surface area contributed by atoms with Gasteiger partial charge in [0.25, 0.3) is 5.89 Å². The number of aromatic hydroxyl groups is 1. The second-order valence-corrected chi connectivity index (χ2v) is 4.54. The van der Waals surface area contributed by atoms with Gasteiger partial charge in [0.2, 0.25) is 5.82 Å². The number of aromatic nitrogens is 2. The molecule has 0 radical (unpaired) electrons. The van der Waals surface area contributed by atoms with Crippen molar-refractivity contribution in [2.75, 3.05) is 5.73 Å². The van der Waals surface area contributed by atoms with Crippen molar-refractivity contribution in [3.63, 3.8) is 0 Å². The van der Waals surface area contributed by atoms with Crippen LogP contribution in [0.3, 0.4) is 0 Å². The summed E-state index contributed by atoms with van der Waals surface area (Å²) in [5.41, 5.74) is 8.33. The van der Waals surface area contributed by atoms with Gasteiger partial charge in [0, 0.05) is 5.56 Å². The van der Waals surface area contributed by atoms with Gasteiger partial charge >= 0.3 is 0 Å². The first kappa shape index (κ1) is 12.2. The molecular weight excluding hydrogens is 254 g/mol. The molecule has 3 rings (SSSR count). The lowest BCUT2D eigenvalue weighted by Crippen LogP contribution is -1.88. The van der Waals surface area contributed by atoms with Crippen LogP contribution in [0.5, 0.6) is 5.75 Å². The summed E-state index contributed by atoms with van der Waals surface area (Å²) in [6.07, 6.45) is 0. The van der Waals surface area contributed by atoms with Crippen LogP contribution in [0.1, 0.15) is 5.56 Å². The Morgan fingerprint density at radius 2 is 1.95 bits per heavy atom. The molecule has 0 amide bonds. The molecule has 0 saturated heterocycles. The normalized spacial score (nSPS) is 10.7. The van der Waals surface area contributed by atoms with Crippen LogP contribution in [-0.2, 0) is 0 Å². The molecule has 0 unspecified atom stereocenters. The highest BCUT2D eigenvalue weighted by Gasteiger charge is 2.15. The fourth-order valence-corrected chi connectivity index (χ4v) is 1.97. The van der Waals surface area contributed by atoms with E-state index in [0.29, 0.717) is 11.4 Å². The Morgan fingerprint density at radius 3 is 2.75 bits per heavy atom. The maximum atomic E-state index is 9.92. The lowest BCUT2D eigenvalue weighted by atomic mass is 10.1. The van der Waals surface area contributed by atoms with Gasteiger partial charge in [-0.15, -0.1) is 0 Å². The molecule has 100 valence electrons. The number of hydrogen-bond donors (Lipinski definition) is 2. The van der Waals surface area contributed by atoms with Crippen LogP contribution in [0.2, 0.25) is 0 Å². The Kier molecular flexibility index (Phi) is 2.87. The van der Waals surface area contributed by atoms with Crippen molar-refractivity contribution >= 4 is 5.69 Å². The number of benzene rings is 2. The van der Waals surface area contributed by atoms with Crippen molar-refractivity contribution in [1.82, 2.24) is 10.1 Å². The van der Waals surface area contributed by atoms with Gasteiger partial charge in [-0.3, -0.25) is 0 Å². The fourth-order valence-electron chi connectivity index (χ4n) is 1.97. The van der Waals surface area contributed by atoms with E-state index in [-0.39, 0.29) is 17.3 Å². The van der Waals surface area contributed by atoms with E-state index in [1.807, 2.05) is 31.2 Å². The van der Waals surface area contributed by atoms with Crippen molar-refractivity contribution in [3.8, 4) is 28.6 Å². The summed E-state index contributed by atoms with van der Waals surface area (Å²) in [5, 5.41) is 13.9. The van der Waals surface area contributed by atoms with E-state index in [1.165, 1.54) is 0 Å². The highest BCUT2D eigenvalue weighted by atomic mass is 16.5. The van der Waals surface area contributed by atoms with Gasteiger partial charge < -0.3 is 15.4 Å². The predicted molar refractivity (Wildman–Crippen MR) is 76.0 cm³/mol. The fraction of sp³-hybridized carbons (Fsp3) is 0.0667. The summed E-state index contributed by atoms with van der Waals surface area (Å²) in [5.74, 6) is 0.670. The molecule has 0 aliphatic heterocycles. The Labute approximate surface area is 115 Å².